The highest BCUT2D eigenvalue weighted by atomic mass is 15.0. The van der Waals surface area contributed by atoms with Crippen LogP contribution in [0.1, 0.15) is 90.4 Å². The van der Waals surface area contributed by atoms with Gasteiger partial charge in [-0.3, -0.25) is 0 Å². The topological polar surface area (TPSA) is 12.0 Å². The molecule has 1 saturated heterocycles. The first kappa shape index (κ1) is 17.8. The van der Waals surface area contributed by atoms with Crippen LogP contribution in [0.15, 0.2) is 11.6 Å². The highest BCUT2D eigenvalue weighted by Crippen LogP contribution is 2.52. The standard InChI is InChI=1S/C25H41N/c1-17-11-12-25-23(24(16-26-25)18-7-3-2-4-8-18)15-22(17)20-10-6-5-9-19-13-21(19)14-20/h9,17-18,20-26H,2-8,10-16H2,1H3/b19-9+/t17?,20?,21?,22?,23?,24-,25?/m1/s1. The van der Waals surface area contributed by atoms with Crippen LogP contribution in [-0.2, 0) is 0 Å². The van der Waals surface area contributed by atoms with Gasteiger partial charge in [0.25, 0.3) is 0 Å². The van der Waals surface area contributed by atoms with Crippen molar-refractivity contribution in [1.82, 2.24) is 5.32 Å². The molecule has 3 saturated carbocycles. The molecular weight excluding hydrogens is 314 g/mol. The zero-order valence-corrected chi connectivity index (χ0v) is 17.1. The Morgan fingerprint density at radius 1 is 0.808 bits per heavy atom. The zero-order chi connectivity index (χ0) is 17.5. The molecule has 0 radical (unpaired) electrons. The van der Waals surface area contributed by atoms with Gasteiger partial charge >= 0.3 is 0 Å². The molecule has 4 fully saturated rings. The Balaban J connectivity index is 1.32. The molecular formula is C25H41N. The summed E-state index contributed by atoms with van der Waals surface area (Å²) >= 11 is 0. The minimum Gasteiger partial charge on any atom is -0.313 e. The van der Waals surface area contributed by atoms with E-state index < -0.39 is 0 Å². The number of fused-ring (bicyclic) bond motifs is 2. The average molecular weight is 356 g/mol. The Kier molecular flexibility index (Phi) is 5.20. The van der Waals surface area contributed by atoms with Crippen LogP contribution >= 0.6 is 0 Å². The van der Waals surface area contributed by atoms with Gasteiger partial charge in [-0.05, 0) is 99.3 Å². The van der Waals surface area contributed by atoms with Crippen molar-refractivity contribution in [3.05, 3.63) is 11.6 Å². The van der Waals surface area contributed by atoms with Gasteiger partial charge in [0.15, 0.2) is 0 Å². The third-order valence-corrected chi connectivity index (χ3v) is 9.37. The minimum atomic E-state index is 0.860. The predicted molar refractivity (Wildman–Crippen MR) is 110 cm³/mol. The number of nitrogens with one attached hydrogen (secondary N) is 1. The molecule has 1 heterocycles. The quantitative estimate of drug-likeness (QED) is 0.570. The van der Waals surface area contributed by atoms with Gasteiger partial charge in [-0.1, -0.05) is 50.7 Å². The molecule has 5 rings (SSSR count). The second-order valence-electron chi connectivity index (χ2n) is 10.8. The fraction of sp³-hybridized carbons (Fsp3) is 0.920. The van der Waals surface area contributed by atoms with E-state index in [1.807, 2.05) is 5.57 Å². The van der Waals surface area contributed by atoms with Crippen LogP contribution in [0, 0.1) is 41.4 Å². The summed E-state index contributed by atoms with van der Waals surface area (Å²) in [5.41, 5.74) is 1.83. The van der Waals surface area contributed by atoms with Crippen LogP contribution in [-0.4, -0.2) is 12.6 Å². The zero-order valence-electron chi connectivity index (χ0n) is 17.1. The maximum absolute atomic E-state index is 4.02. The van der Waals surface area contributed by atoms with Gasteiger partial charge in [-0.25, -0.2) is 0 Å². The van der Waals surface area contributed by atoms with Crippen molar-refractivity contribution in [2.75, 3.05) is 6.54 Å². The first-order valence-electron chi connectivity index (χ1n) is 12.2. The van der Waals surface area contributed by atoms with Gasteiger partial charge < -0.3 is 5.32 Å². The first-order valence-corrected chi connectivity index (χ1v) is 12.2. The van der Waals surface area contributed by atoms with Crippen molar-refractivity contribution in [3.8, 4) is 0 Å². The van der Waals surface area contributed by atoms with E-state index in [1.165, 1.54) is 77.2 Å². The van der Waals surface area contributed by atoms with E-state index in [-0.39, 0.29) is 0 Å². The van der Waals surface area contributed by atoms with Crippen molar-refractivity contribution in [3.63, 3.8) is 0 Å². The molecule has 26 heavy (non-hydrogen) atoms. The van der Waals surface area contributed by atoms with Crippen LogP contribution in [0.4, 0.5) is 0 Å². The summed E-state index contributed by atoms with van der Waals surface area (Å²) in [7, 11) is 0. The van der Waals surface area contributed by atoms with Gasteiger partial charge in [-0.2, -0.15) is 0 Å². The molecule has 1 N–H and O–H groups in total. The molecule has 5 aliphatic rings. The monoisotopic (exact) mass is 355 g/mol. The van der Waals surface area contributed by atoms with Crippen molar-refractivity contribution >= 4 is 0 Å². The van der Waals surface area contributed by atoms with E-state index in [2.05, 4.69) is 18.3 Å². The third-order valence-electron chi connectivity index (χ3n) is 9.37. The van der Waals surface area contributed by atoms with Gasteiger partial charge in [-0.15, -0.1) is 0 Å². The SMILES string of the molecule is CC1CCC2NC[C@H](C3CCCCC3)C2CC1C1CCC/C=C2\CC2C1. The molecule has 6 unspecified atom stereocenters. The summed E-state index contributed by atoms with van der Waals surface area (Å²) in [4.78, 5) is 0. The molecule has 1 nitrogen and oxygen atoms in total. The fourth-order valence-corrected chi connectivity index (χ4v) is 7.73. The van der Waals surface area contributed by atoms with E-state index in [4.69, 9.17) is 0 Å². The lowest BCUT2D eigenvalue weighted by atomic mass is 9.68. The summed E-state index contributed by atoms with van der Waals surface area (Å²) in [6, 6.07) is 0.860. The van der Waals surface area contributed by atoms with E-state index in [0.717, 1.165) is 47.5 Å². The number of hydrogen-bond donors (Lipinski definition) is 1. The molecule has 0 aromatic heterocycles. The Morgan fingerprint density at radius 2 is 1.65 bits per heavy atom. The molecule has 0 bridgehead atoms. The molecule has 7 atom stereocenters. The highest BCUT2D eigenvalue weighted by Gasteiger charge is 2.45. The van der Waals surface area contributed by atoms with Crippen LogP contribution in [0.25, 0.3) is 0 Å². The Morgan fingerprint density at radius 3 is 2.54 bits per heavy atom. The number of rotatable bonds is 2. The lowest BCUT2D eigenvalue weighted by molar-refractivity contribution is 0.137. The van der Waals surface area contributed by atoms with Crippen molar-refractivity contribution in [1.29, 1.82) is 0 Å². The molecule has 0 aromatic carbocycles. The highest BCUT2D eigenvalue weighted by molar-refractivity contribution is 5.24. The maximum atomic E-state index is 4.02. The second-order valence-corrected chi connectivity index (χ2v) is 10.8. The largest absolute Gasteiger partial charge is 0.313 e. The summed E-state index contributed by atoms with van der Waals surface area (Å²) in [6.07, 6.45) is 22.1. The number of allylic oxidation sites excluding steroid dienone is 2. The molecule has 4 aliphatic carbocycles. The van der Waals surface area contributed by atoms with Gasteiger partial charge in [0.05, 0.1) is 0 Å². The number of hydrogen-bond acceptors (Lipinski definition) is 1. The summed E-state index contributed by atoms with van der Waals surface area (Å²) in [5, 5.41) is 4.02. The van der Waals surface area contributed by atoms with E-state index in [0.29, 0.717) is 0 Å². The average Bonchev–Trinajstić information content (AvgIpc) is 3.28. The molecule has 146 valence electrons. The fourth-order valence-electron chi connectivity index (χ4n) is 7.73. The lowest BCUT2D eigenvalue weighted by Crippen LogP contribution is -2.31. The molecule has 0 amide bonds. The Bertz CT molecular complexity index is 516. The Labute approximate surface area is 161 Å². The van der Waals surface area contributed by atoms with Gasteiger partial charge in [0, 0.05) is 6.04 Å². The normalized spacial score (nSPS) is 49.1. The molecule has 1 aliphatic heterocycles. The molecule has 0 aromatic rings. The van der Waals surface area contributed by atoms with Crippen LogP contribution in [0.2, 0.25) is 0 Å². The summed E-state index contributed by atoms with van der Waals surface area (Å²) in [6.45, 7) is 3.96. The van der Waals surface area contributed by atoms with E-state index >= 15 is 0 Å². The van der Waals surface area contributed by atoms with Crippen molar-refractivity contribution in [2.24, 2.45) is 41.4 Å². The molecule has 0 spiro atoms. The summed E-state index contributed by atoms with van der Waals surface area (Å²) in [5.74, 6) is 7.09. The van der Waals surface area contributed by atoms with Crippen molar-refractivity contribution < 1.29 is 0 Å². The van der Waals surface area contributed by atoms with E-state index in [1.54, 1.807) is 12.8 Å². The van der Waals surface area contributed by atoms with E-state index in [9.17, 15) is 0 Å². The predicted octanol–water partition coefficient (Wildman–Crippen LogP) is 6.34. The second kappa shape index (κ2) is 7.61. The van der Waals surface area contributed by atoms with Crippen LogP contribution in [0.3, 0.4) is 0 Å². The lowest BCUT2D eigenvalue weighted by Gasteiger charge is -2.37. The Hall–Kier alpha value is -0.300. The molecule has 1 heteroatoms. The van der Waals surface area contributed by atoms with Gasteiger partial charge in [0.1, 0.15) is 0 Å². The summed E-state index contributed by atoms with van der Waals surface area (Å²) < 4.78 is 0. The smallest absolute Gasteiger partial charge is 0.00988 e. The van der Waals surface area contributed by atoms with Crippen molar-refractivity contribution in [2.45, 2.75) is 96.4 Å². The van der Waals surface area contributed by atoms with Crippen LogP contribution < -0.4 is 5.32 Å². The van der Waals surface area contributed by atoms with Gasteiger partial charge in [0.2, 0.25) is 0 Å². The third kappa shape index (κ3) is 3.54. The first-order chi connectivity index (χ1) is 12.8. The maximum Gasteiger partial charge on any atom is 0.00988 e. The van der Waals surface area contributed by atoms with Crippen LogP contribution in [0.5, 0.6) is 0 Å². The minimum absolute atomic E-state index is 0.860.